The van der Waals surface area contributed by atoms with E-state index >= 15 is 0 Å². The first-order chi connectivity index (χ1) is 7.11. The summed E-state index contributed by atoms with van der Waals surface area (Å²) in [6.07, 6.45) is 0. The molecular formula is C11H17FN2O. The first kappa shape index (κ1) is 11.9. The van der Waals surface area contributed by atoms with Crippen molar-refractivity contribution in [1.82, 2.24) is 5.43 Å². The van der Waals surface area contributed by atoms with E-state index in [-0.39, 0.29) is 17.8 Å². The van der Waals surface area contributed by atoms with Crippen LogP contribution in [0.2, 0.25) is 0 Å². The number of rotatable bonds is 4. The highest BCUT2D eigenvalue weighted by atomic mass is 19.1. The lowest BCUT2D eigenvalue weighted by atomic mass is 9.95. The van der Waals surface area contributed by atoms with Gasteiger partial charge in [0.2, 0.25) is 0 Å². The number of hydrogen-bond donors (Lipinski definition) is 2. The molecule has 0 spiro atoms. The van der Waals surface area contributed by atoms with Crippen molar-refractivity contribution in [2.75, 3.05) is 7.11 Å². The van der Waals surface area contributed by atoms with Crippen LogP contribution in [0.15, 0.2) is 18.2 Å². The predicted octanol–water partition coefficient (Wildman–Crippen LogP) is 1.99. The van der Waals surface area contributed by atoms with Crippen molar-refractivity contribution in [3.8, 4) is 5.75 Å². The Labute approximate surface area is 89.4 Å². The topological polar surface area (TPSA) is 47.3 Å². The van der Waals surface area contributed by atoms with Gasteiger partial charge in [-0.1, -0.05) is 19.9 Å². The van der Waals surface area contributed by atoms with Crippen LogP contribution in [0.25, 0.3) is 0 Å². The van der Waals surface area contributed by atoms with Crippen molar-refractivity contribution in [1.29, 1.82) is 0 Å². The summed E-state index contributed by atoms with van der Waals surface area (Å²) in [6, 6.07) is 4.50. The number of nitrogens with one attached hydrogen (secondary N) is 1. The molecule has 0 aromatic heterocycles. The van der Waals surface area contributed by atoms with Gasteiger partial charge in [-0.05, 0) is 18.1 Å². The largest absolute Gasteiger partial charge is 0.496 e. The molecule has 1 rings (SSSR count). The zero-order valence-electron chi connectivity index (χ0n) is 9.25. The third-order valence-corrected chi connectivity index (χ3v) is 2.39. The number of ether oxygens (including phenoxy) is 1. The molecule has 3 N–H and O–H groups in total. The fraction of sp³-hybridized carbons (Fsp3) is 0.455. The Morgan fingerprint density at radius 2 is 2.07 bits per heavy atom. The van der Waals surface area contributed by atoms with E-state index < -0.39 is 0 Å². The molecule has 1 aromatic rings. The summed E-state index contributed by atoms with van der Waals surface area (Å²) < 4.78 is 18.8. The Kier molecular flexibility index (Phi) is 4.05. The number of methoxy groups -OCH3 is 1. The van der Waals surface area contributed by atoms with Gasteiger partial charge in [-0.3, -0.25) is 11.3 Å². The molecule has 0 aliphatic heterocycles. The lowest BCUT2D eigenvalue weighted by Crippen LogP contribution is -2.32. The highest BCUT2D eigenvalue weighted by molar-refractivity contribution is 5.37. The van der Waals surface area contributed by atoms with Gasteiger partial charge in [0.15, 0.2) is 0 Å². The second-order valence-corrected chi connectivity index (χ2v) is 3.74. The van der Waals surface area contributed by atoms with Gasteiger partial charge in [0.05, 0.1) is 13.2 Å². The molecule has 0 aliphatic carbocycles. The maximum Gasteiger partial charge on any atom is 0.131 e. The van der Waals surface area contributed by atoms with E-state index in [2.05, 4.69) is 5.43 Å². The number of halogens is 1. The van der Waals surface area contributed by atoms with Gasteiger partial charge in [0, 0.05) is 5.56 Å². The number of benzene rings is 1. The molecule has 1 atom stereocenters. The third-order valence-electron chi connectivity index (χ3n) is 2.39. The Morgan fingerprint density at radius 1 is 1.40 bits per heavy atom. The van der Waals surface area contributed by atoms with E-state index in [0.717, 1.165) is 0 Å². The zero-order valence-corrected chi connectivity index (χ0v) is 9.25. The van der Waals surface area contributed by atoms with Gasteiger partial charge in [-0.15, -0.1) is 0 Å². The summed E-state index contributed by atoms with van der Waals surface area (Å²) in [5.41, 5.74) is 3.10. The van der Waals surface area contributed by atoms with E-state index in [0.29, 0.717) is 11.3 Å². The average Bonchev–Trinajstić information content (AvgIpc) is 2.21. The van der Waals surface area contributed by atoms with Crippen LogP contribution in [0, 0.1) is 11.7 Å². The summed E-state index contributed by atoms with van der Waals surface area (Å²) >= 11 is 0. The van der Waals surface area contributed by atoms with Crippen molar-refractivity contribution < 1.29 is 9.13 Å². The summed E-state index contributed by atoms with van der Waals surface area (Å²) in [5.74, 6) is 5.83. The van der Waals surface area contributed by atoms with E-state index in [1.54, 1.807) is 12.1 Å². The standard InChI is InChI=1S/C11H17FN2O/c1-7(2)11(14-13)10-8(12)5-4-6-9(10)15-3/h4-7,11,14H,13H2,1-3H3. The van der Waals surface area contributed by atoms with Crippen LogP contribution < -0.4 is 16.0 Å². The van der Waals surface area contributed by atoms with Crippen molar-refractivity contribution in [2.24, 2.45) is 11.8 Å². The number of hydrogen-bond acceptors (Lipinski definition) is 3. The Balaban J connectivity index is 3.20. The average molecular weight is 212 g/mol. The number of nitrogens with two attached hydrogens (primary N) is 1. The van der Waals surface area contributed by atoms with Gasteiger partial charge < -0.3 is 4.74 Å². The summed E-state index contributed by atoms with van der Waals surface area (Å²) in [7, 11) is 1.52. The molecule has 0 fully saturated rings. The Hall–Kier alpha value is -1.13. The van der Waals surface area contributed by atoms with Gasteiger partial charge in [-0.2, -0.15) is 0 Å². The monoisotopic (exact) mass is 212 g/mol. The highest BCUT2D eigenvalue weighted by Gasteiger charge is 2.21. The minimum absolute atomic E-state index is 0.181. The van der Waals surface area contributed by atoms with Gasteiger partial charge in [0.1, 0.15) is 11.6 Å². The van der Waals surface area contributed by atoms with Crippen LogP contribution in [-0.4, -0.2) is 7.11 Å². The molecule has 0 saturated carbocycles. The van der Waals surface area contributed by atoms with Crippen LogP contribution in [-0.2, 0) is 0 Å². The first-order valence-electron chi connectivity index (χ1n) is 4.90. The van der Waals surface area contributed by atoms with Crippen LogP contribution in [0.1, 0.15) is 25.5 Å². The second kappa shape index (κ2) is 5.09. The summed E-state index contributed by atoms with van der Waals surface area (Å²) in [5, 5.41) is 0. The minimum Gasteiger partial charge on any atom is -0.496 e. The number of hydrazine groups is 1. The molecule has 15 heavy (non-hydrogen) atoms. The minimum atomic E-state index is -0.300. The summed E-state index contributed by atoms with van der Waals surface area (Å²) in [4.78, 5) is 0. The quantitative estimate of drug-likeness (QED) is 0.592. The lowest BCUT2D eigenvalue weighted by molar-refractivity contribution is 0.361. The summed E-state index contributed by atoms with van der Waals surface area (Å²) in [6.45, 7) is 3.94. The van der Waals surface area contributed by atoms with Gasteiger partial charge >= 0.3 is 0 Å². The Bertz CT molecular complexity index is 328. The van der Waals surface area contributed by atoms with Crippen molar-refractivity contribution in [3.63, 3.8) is 0 Å². The molecule has 0 aliphatic rings. The fourth-order valence-corrected chi connectivity index (χ4v) is 1.61. The Morgan fingerprint density at radius 3 is 2.53 bits per heavy atom. The fourth-order valence-electron chi connectivity index (χ4n) is 1.61. The molecule has 3 nitrogen and oxygen atoms in total. The molecule has 0 radical (unpaired) electrons. The molecule has 1 aromatic carbocycles. The second-order valence-electron chi connectivity index (χ2n) is 3.74. The van der Waals surface area contributed by atoms with E-state index in [1.165, 1.54) is 13.2 Å². The maximum atomic E-state index is 13.7. The predicted molar refractivity (Wildman–Crippen MR) is 57.9 cm³/mol. The van der Waals surface area contributed by atoms with Crippen molar-refractivity contribution in [2.45, 2.75) is 19.9 Å². The van der Waals surface area contributed by atoms with Crippen LogP contribution >= 0.6 is 0 Å². The molecule has 0 heterocycles. The van der Waals surface area contributed by atoms with Gasteiger partial charge in [-0.25, -0.2) is 4.39 Å². The highest BCUT2D eigenvalue weighted by Crippen LogP contribution is 2.31. The van der Waals surface area contributed by atoms with E-state index in [9.17, 15) is 4.39 Å². The van der Waals surface area contributed by atoms with Crippen molar-refractivity contribution >= 4 is 0 Å². The third kappa shape index (κ3) is 2.46. The van der Waals surface area contributed by atoms with Crippen molar-refractivity contribution in [3.05, 3.63) is 29.6 Å². The lowest BCUT2D eigenvalue weighted by Gasteiger charge is -2.22. The van der Waals surface area contributed by atoms with E-state index in [4.69, 9.17) is 10.6 Å². The van der Waals surface area contributed by atoms with Crippen LogP contribution in [0.3, 0.4) is 0 Å². The van der Waals surface area contributed by atoms with Crippen LogP contribution in [0.4, 0.5) is 4.39 Å². The molecule has 0 amide bonds. The molecule has 4 heteroatoms. The molecule has 1 unspecified atom stereocenters. The van der Waals surface area contributed by atoms with Gasteiger partial charge in [0.25, 0.3) is 0 Å². The smallest absolute Gasteiger partial charge is 0.131 e. The zero-order chi connectivity index (χ0) is 11.4. The maximum absolute atomic E-state index is 13.7. The molecule has 84 valence electrons. The SMILES string of the molecule is COc1cccc(F)c1C(NN)C(C)C. The normalized spacial score (nSPS) is 12.9. The van der Waals surface area contributed by atoms with Crippen LogP contribution in [0.5, 0.6) is 5.75 Å². The molecule has 0 bridgehead atoms. The molecular weight excluding hydrogens is 195 g/mol. The molecule has 0 saturated heterocycles. The first-order valence-corrected chi connectivity index (χ1v) is 4.90. The van der Waals surface area contributed by atoms with E-state index in [1.807, 2.05) is 13.8 Å².